The van der Waals surface area contributed by atoms with Crippen molar-refractivity contribution in [3.63, 3.8) is 0 Å². The maximum absolute atomic E-state index is 13.0. The molecule has 0 spiro atoms. The zero-order valence-electron chi connectivity index (χ0n) is 14.1. The van der Waals surface area contributed by atoms with E-state index in [0.717, 1.165) is 12.1 Å². The third kappa shape index (κ3) is 4.04. The first kappa shape index (κ1) is 16.7. The lowest BCUT2D eigenvalue weighted by Crippen LogP contribution is -2.33. The molecule has 1 heterocycles. The van der Waals surface area contributed by atoms with Crippen LogP contribution in [0.4, 0.5) is 5.69 Å². The molecule has 3 aromatic rings. The van der Waals surface area contributed by atoms with Crippen LogP contribution < -0.4 is 10.5 Å². The van der Waals surface area contributed by atoms with Crippen LogP contribution in [0.1, 0.15) is 15.9 Å². The maximum Gasteiger partial charge on any atom is 0.259 e. The zero-order valence-corrected chi connectivity index (χ0v) is 14.1. The summed E-state index contributed by atoms with van der Waals surface area (Å²) in [5, 5.41) is 0. The van der Waals surface area contributed by atoms with E-state index in [2.05, 4.69) is 12.1 Å². The predicted octanol–water partition coefficient (Wildman–Crippen LogP) is 3.27. The van der Waals surface area contributed by atoms with E-state index >= 15 is 0 Å². The summed E-state index contributed by atoms with van der Waals surface area (Å²) >= 11 is 0. The molecule has 1 aromatic heterocycles. The first-order chi connectivity index (χ1) is 12.1. The van der Waals surface area contributed by atoms with E-state index in [-0.39, 0.29) is 11.5 Å². The molecular formula is C21H20N2O2. The standard InChI is InChI=1S/C21H20N2O2/c1-22-16-18(12-13-20(22)24)21(25)23(19-10-6-3-7-11-19)15-14-17-8-4-2-5-9-17/h2-13,16H,14-15H2,1H3. The Morgan fingerprint density at radius 3 is 2.20 bits per heavy atom. The second kappa shape index (κ2) is 7.62. The fraction of sp³-hybridized carbons (Fsp3) is 0.143. The molecule has 0 radical (unpaired) electrons. The normalized spacial score (nSPS) is 10.4. The van der Waals surface area contributed by atoms with Crippen molar-refractivity contribution in [3.05, 3.63) is 100 Å². The van der Waals surface area contributed by atoms with Gasteiger partial charge in [0.15, 0.2) is 0 Å². The number of carbonyl (C=O) groups excluding carboxylic acids is 1. The second-order valence-electron chi connectivity index (χ2n) is 5.89. The Labute approximate surface area is 147 Å². The lowest BCUT2D eigenvalue weighted by Gasteiger charge is -2.23. The van der Waals surface area contributed by atoms with Crippen molar-refractivity contribution in [3.8, 4) is 0 Å². The monoisotopic (exact) mass is 332 g/mol. The molecule has 25 heavy (non-hydrogen) atoms. The van der Waals surface area contributed by atoms with Crippen molar-refractivity contribution in [1.82, 2.24) is 4.57 Å². The Bertz CT molecular complexity index is 902. The largest absolute Gasteiger partial charge is 0.318 e. The Balaban J connectivity index is 1.89. The third-order valence-corrected chi connectivity index (χ3v) is 4.11. The van der Waals surface area contributed by atoms with Crippen molar-refractivity contribution in [2.45, 2.75) is 6.42 Å². The van der Waals surface area contributed by atoms with Gasteiger partial charge in [-0.3, -0.25) is 9.59 Å². The number of rotatable bonds is 5. The molecule has 1 amide bonds. The van der Waals surface area contributed by atoms with E-state index in [4.69, 9.17) is 0 Å². The van der Waals surface area contributed by atoms with E-state index in [1.807, 2.05) is 48.5 Å². The van der Waals surface area contributed by atoms with Crippen molar-refractivity contribution in [2.24, 2.45) is 7.05 Å². The summed E-state index contributed by atoms with van der Waals surface area (Å²) in [5.74, 6) is -0.113. The molecule has 0 fully saturated rings. The van der Waals surface area contributed by atoms with Gasteiger partial charge in [-0.15, -0.1) is 0 Å². The van der Waals surface area contributed by atoms with Gasteiger partial charge in [-0.2, -0.15) is 0 Å². The number of benzene rings is 2. The zero-order chi connectivity index (χ0) is 17.6. The van der Waals surface area contributed by atoms with Crippen molar-refractivity contribution in [1.29, 1.82) is 0 Å². The molecular weight excluding hydrogens is 312 g/mol. The van der Waals surface area contributed by atoms with E-state index in [9.17, 15) is 9.59 Å². The third-order valence-electron chi connectivity index (χ3n) is 4.11. The summed E-state index contributed by atoms with van der Waals surface area (Å²) in [5.41, 5.74) is 2.39. The number of anilines is 1. The number of hydrogen-bond donors (Lipinski definition) is 0. The van der Waals surface area contributed by atoms with Crippen molar-refractivity contribution in [2.75, 3.05) is 11.4 Å². The second-order valence-corrected chi connectivity index (χ2v) is 5.89. The summed E-state index contributed by atoms with van der Waals surface area (Å²) in [6, 6.07) is 22.7. The fourth-order valence-electron chi connectivity index (χ4n) is 2.72. The highest BCUT2D eigenvalue weighted by atomic mass is 16.2. The van der Waals surface area contributed by atoms with E-state index in [0.29, 0.717) is 12.1 Å². The van der Waals surface area contributed by atoms with Crippen molar-refractivity contribution < 1.29 is 4.79 Å². The first-order valence-electron chi connectivity index (χ1n) is 8.22. The van der Waals surface area contributed by atoms with Crippen molar-refractivity contribution >= 4 is 11.6 Å². The van der Waals surface area contributed by atoms with Gasteiger partial charge in [-0.05, 0) is 30.2 Å². The van der Waals surface area contributed by atoms with Gasteiger partial charge < -0.3 is 9.47 Å². The number of nitrogens with zero attached hydrogens (tertiary/aromatic N) is 2. The molecule has 126 valence electrons. The highest BCUT2D eigenvalue weighted by Gasteiger charge is 2.18. The molecule has 2 aromatic carbocycles. The van der Waals surface area contributed by atoms with Crippen LogP contribution in [0.15, 0.2) is 83.8 Å². The van der Waals surface area contributed by atoms with Gasteiger partial charge in [-0.1, -0.05) is 48.5 Å². The molecule has 0 aliphatic rings. The van der Waals surface area contributed by atoms with Gasteiger partial charge in [0.2, 0.25) is 5.56 Å². The van der Waals surface area contributed by atoms with Gasteiger partial charge in [0.05, 0.1) is 5.56 Å². The summed E-state index contributed by atoms with van der Waals surface area (Å²) < 4.78 is 1.42. The molecule has 0 atom stereocenters. The van der Waals surface area contributed by atoms with Crippen LogP contribution >= 0.6 is 0 Å². The molecule has 0 N–H and O–H groups in total. The van der Waals surface area contributed by atoms with E-state index in [1.54, 1.807) is 24.2 Å². The maximum atomic E-state index is 13.0. The Hall–Kier alpha value is -3.14. The molecule has 0 aliphatic heterocycles. The number of aryl methyl sites for hydroxylation is 1. The smallest absolute Gasteiger partial charge is 0.259 e. The minimum atomic E-state index is -0.132. The molecule has 3 rings (SSSR count). The quantitative estimate of drug-likeness (QED) is 0.719. The number of pyridine rings is 1. The molecule has 0 saturated heterocycles. The Kier molecular flexibility index (Phi) is 5.09. The topological polar surface area (TPSA) is 42.3 Å². The highest BCUT2D eigenvalue weighted by Crippen LogP contribution is 2.17. The van der Waals surface area contributed by atoms with Gasteiger partial charge >= 0.3 is 0 Å². The average Bonchev–Trinajstić information content (AvgIpc) is 2.66. The number of aromatic nitrogens is 1. The van der Waals surface area contributed by atoms with Crippen LogP contribution in [0.25, 0.3) is 0 Å². The molecule has 4 nitrogen and oxygen atoms in total. The molecule has 0 unspecified atom stereocenters. The van der Waals surface area contributed by atoms with E-state index in [1.165, 1.54) is 16.2 Å². The van der Waals surface area contributed by atoms with Gasteiger partial charge in [0.25, 0.3) is 5.91 Å². The lowest BCUT2D eigenvalue weighted by molar-refractivity contribution is 0.0986. The lowest BCUT2D eigenvalue weighted by atomic mass is 10.1. The predicted molar refractivity (Wildman–Crippen MR) is 99.9 cm³/mol. The summed E-state index contributed by atoms with van der Waals surface area (Å²) in [6.45, 7) is 0.565. The summed E-state index contributed by atoms with van der Waals surface area (Å²) in [6.07, 6.45) is 2.34. The fourth-order valence-corrected chi connectivity index (χ4v) is 2.72. The minimum Gasteiger partial charge on any atom is -0.318 e. The van der Waals surface area contributed by atoms with Crippen LogP contribution in [0, 0.1) is 0 Å². The van der Waals surface area contributed by atoms with Crippen LogP contribution in [0.2, 0.25) is 0 Å². The number of para-hydroxylation sites is 1. The van der Waals surface area contributed by atoms with Crippen LogP contribution in [0.5, 0.6) is 0 Å². The summed E-state index contributed by atoms with van der Waals surface area (Å²) in [7, 11) is 1.65. The van der Waals surface area contributed by atoms with Gasteiger partial charge in [0, 0.05) is 31.5 Å². The van der Waals surface area contributed by atoms with Crippen LogP contribution in [-0.4, -0.2) is 17.0 Å². The number of amides is 1. The van der Waals surface area contributed by atoms with Gasteiger partial charge in [0.1, 0.15) is 0 Å². The highest BCUT2D eigenvalue weighted by molar-refractivity contribution is 6.05. The first-order valence-corrected chi connectivity index (χ1v) is 8.22. The van der Waals surface area contributed by atoms with Crippen LogP contribution in [0.3, 0.4) is 0 Å². The minimum absolute atomic E-state index is 0.113. The number of hydrogen-bond acceptors (Lipinski definition) is 2. The Morgan fingerprint density at radius 1 is 0.920 bits per heavy atom. The number of carbonyl (C=O) groups is 1. The molecule has 0 aliphatic carbocycles. The van der Waals surface area contributed by atoms with Crippen LogP contribution in [-0.2, 0) is 13.5 Å². The van der Waals surface area contributed by atoms with E-state index < -0.39 is 0 Å². The summed E-state index contributed by atoms with van der Waals surface area (Å²) in [4.78, 5) is 26.4. The average molecular weight is 332 g/mol. The SMILES string of the molecule is Cn1cc(C(=O)N(CCc2ccccc2)c2ccccc2)ccc1=O. The molecule has 0 saturated carbocycles. The molecule has 0 bridgehead atoms. The molecule has 4 heteroatoms. The Morgan fingerprint density at radius 2 is 1.56 bits per heavy atom. The van der Waals surface area contributed by atoms with Gasteiger partial charge in [-0.25, -0.2) is 0 Å².